The normalized spacial score (nSPS) is 25.5. The smallest absolute Gasteiger partial charge is 0.220 e. The topological polar surface area (TPSA) is 307 Å². The standard InChI is InChI=1S/C93H163NO18/c1-3-5-7-9-11-13-15-17-19-21-23-25-27-29-31-33-34-35-36-37-38-39-40-41-42-43-45-47-49-51-53-55-57-59-61-63-65-67-69-71-81(99)94-76(77(98)70-68-66-64-62-60-58-56-54-52-50-48-46-44-32-30-28-26-24-22-20-18-16-14-12-10-8-6-4-2)75-107-91-87(105)84(102)89(79(73-96)109-91)112-93-88(106)85(103)90(80(74-97)110-93)111-92-86(104)83(101)82(100)78(72-95)108-92/h5,7,11,13,17,19,23,25,29,31,34-35,52,54,60,62,68,70,76-80,82-93,95-98,100-106H,3-4,6,8-10,12,14-16,18,20-22,24,26-28,30,32-33,36-51,53,55-59,61,63-67,69,71-75H2,1-2H3,(H,94,99)/b7-5-,13-11-,19-17-,25-23-,31-29-,35-34-,54-52+,62-60+,70-68+. The number of unbranched alkanes of at least 4 members (excludes halogenated alkanes) is 40. The summed E-state index contributed by atoms with van der Waals surface area (Å²) < 4.78 is 34.5. The highest BCUT2D eigenvalue weighted by Gasteiger charge is 2.54. The first kappa shape index (κ1) is 103. The molecule has 19 heteroatoms. The predicted molar refractivity (Wildman–Crippen MR) is 452 cm³/mol. The van der Waals surface area contributed by atoms with Crippen molar-refractivity contribution in [1.82, 2.24) is 5.32 Å². The van der Waals surface area contributed by atoms with Gasteiger partial charge in [0.2, 0.25) is 5.91 Å². The molecule has 17 atom stereocenters. The van der Waals surface area contributed by atoms with Crippen molar-refractivity contribution in [1.29, 1.82) is 0 Å². The minimum absolute atomic E-state index is 0.230. The first-order valence-electron chi connectivity index (χ1n) is 45.1. The van der Waals surface area contributed by atoms with Crippen molar-refractivity contribution in [2.24, 2.45) is 0 Å². The molecule has 0 bridgehead atoms. The number of allylic oxidation sites excluding steroid dienone is 17. The third-order valence-electron chi connectivity index (χ3n) is 21.8. The summed E-state index contributed by atoms with van der Waals surface area (Å²) in [6, 6.07) is -1.00. The highest BCUT2D eigenvalue weighted by Crippen LogP contribution is 2.33. The van der Waals surface area contributed by atoms with Gasteiger partial charge in [-0.3, -0.25) is 4.79 Å². The van der Waals surface area contributed by atoms with E-state index in [0.717, 1.165) is 83.5 Å². The average Bonchev–Trinajstić information content (AvgIpc) is 0.780. The van der Waals surface area contributed by atoms with Crippen LogP contribution in [0.25, 0.3) is 0 Å². The van der Waals surface area contributed by atoms with Crippen molar-refractivity contribution in [3.05, 3.63) is 109 Å². The van der Waals surface area contributed by atoms with E-state index in [2.05, 4.69) is 116 Å². The molecule has 0 spiro atoms. The molecule has 3 rings (SSSR count). The van der Waals surface area contributed by atoms with Gasteiger partial charge in [0.15, 0.2) is 18.9 Å². The van der Waals surface area contributed by atoms with Crippen molar-refractivity contribution >= 4 is 5.91 Å². The zero-order valence-corrected chi connectivity index (χ0v) is 69.9. The molecule has 0 aromatic heterocycles. The average molecular weight is 1580 g/mol. The number of hydrogen-bond acceptors (Lipinski definition) is 18. The molecule has 3 fully saturated rings. The summed E-state index contributed by atoms with van der Waals surface area (Å²) in [5, 5.41) is 121. The third kappa shape index (κ3) is 49.6. The number of amides is 1. The zero-order chi connectivity index (χ0) is 81.0. The highest BCUT2D eigenvalue weighted by molar-refractivity contribution is 5.76. The molecule has 0 radical (unpaired) electrons. The van der Waals surface area contributed by atoms with Gasteiger partial charge in [-0.1, -0.05) is 348 Å². The Morgan fingerprint density at radius 1 is 0.330 bits per heavy atom. The Morgan fingerprint density at radius 2 is 0.625 bits per heavy atom. The molecule has 3 saturated heterocycles. The zero-order valence-electron chi connectivity index (χ0n) is 69.9. The Bertz CT molecular complexity index is 2450. The minimum Gasteiger partial charge on any atom is -0.394 e. The molecule has 0 aromatic rings. The molecule has 1 amide bonds. The van der Waals surface area contributed by atoms with E-state index < -0.39 is 124 Å². The van der Waals surface area contributed by atoms with Crippen LogP contribution in [-0.4, -0.2) is 193 Å². The fourth-order valence-corrected chi connectivity index (χ4v) is 14.6. The van der Waals surface area contributed by atoms with E-state index in [1.54, 1.807) is 6.08 Å². The molecule has 12 N–H and O–H groups in total. The quantitative estimate of drug-likeness (QED) is 0.0199. The van der Waals surface area contributed by atoms with Crippen LogP contribution in [0.3, 0.4) is 0 Å². The van der Waals surface area contributed by atoms with Crippen LogP contribution in [0.2, 0.25) is 0 Å². The lowest BCUT2D eigenvalue weighted by Gasteiger charge is -2.48. The van der Waals surface area contributed by atoms with Gasteiger partial charge in [0.05, 0.1) is 38.6 Å². The molecule has 3 aliphatic rings. The van der Waals surface area contributed by atoms with Crippen LogP contribution in [0.5, 0.6) is 0 Å². The molecule has 17 unspecified atom stereocenters. The summed E-state index contributed by atoms with van der Waals surface area (Å²) in [5.74, 6) is -0.287. The van der Waals surface area contributed by atoms with Gasteiger partial charge in [0.25, 0.3) is 0 Å². The van der Waals surface area contributed by atoms with E-state index in [9.17, 15) is 61.0 Å². The van der Waals surface area contributed by atoms with Crippen LogP contribution < -0.4 is 5.32 Å². The van der Waals surface area contributed by atoms with E-state index in [0.29, 0.717) is 12.8 Å². The van der Waals surface area contributed by atoms with Gasteiger partial charge in [0.1, 0.15) is 73.2 Å². The third-order valence-corrected chi connectivity index (χ3v) is 21.8. The maximum atomic E-state index is 13.5. The number of ether oxygens (including phenoxy) is 6. The van der Waals surface area contributed by atoms with E-state index >= 15 is 0 Å². The van der Waals surface area contributed by atoms with Gasteiger partial charge in [-0.05, 0) is 96.3 Å². The molecular weight excluding hydrogens is 1420 g/mol. The predicted octanol–water partition coefficient (Wildman–Crippen LogP) is 17.2. The second-order valence-corrected chi connectivity index (χ2v) is 31.7. The number of aliphatic hydroxyl groups excluding tert-OH is 11. The lowest BCUT2D eigenvalue weighted by molar-refractivity contribution is -0.379. The Balaban J connectivity index is 1.33. The summed E-state index contributed by atoms with van der Waals surface area (Å²) in [6.45, 7) is 1.63. The van der Waals surface area contributed by atoms with Crippen LogP contribution >= 0.6 is 0 Å². The highest BCUT2D eigenvalue weighted by atomic mass is 16.8. The summed E-state index contributed by atoms with van der Waals surface area (Å²) in [7, 11) is 0. The maximum absolute atomic E-state index is 13.5. The van der Waals surface area contributed by atoms with Crippen molar-refractivity contribution < 1.29 is 89.4 Å². The maximum Gasteiger partial charge on any atom is 0.220 e. The van der Waals surface area contributed by atoms with Crippen molar-refractivity contribution in [3.8, 4) is 0 Å². The molecule has 0 saturated carbocycles. The number of carbonyl (C=O) groups excluding carboxylic acids is 1. The second kappa shape index (κ2) is 71.5. The van der Waals surface area contributed by atoms with Gasteiger partial charge in [-0.2, -0.15) is 0 Å². The van der Waals surface area contributed by atoms with Gasteiger partial charge >= 0.3 is 0 Å². The Hall–Kier alpha value is -3.55. The Labute approximate surface area is 678 Å². The Morgan fingerprint density at radius 3 is 1.00 bits per heavy atom. The Kier molecular flexibility index (Phi) is 65.6. The summed E-state index contributed by atoms with van der Waals surface area (Å²) in [5.41, 5.74) is 0. The summed E-state index contributed by atoms with van der Waals surface area (Å²) in [4.78, 5) is 13.5. The fraction of sp³-hybridized carbons (Fsp3) is 0.796. The lowest BCUT2D eigenvalue weighted by atomic mass is 9.96. The van der Waals surface area contributed by atoms with E-state index in [1.807, 2.05) is 6.08 Å². The molecule has 0 aromatic carbocycles. The number of hydrogen-bond donors (Lipinski definition) is 12. The first-order chi connectivity index (χ1) is 54.8. The van der Waals surface area contributed by atoms with Crippen molar-refractivity contribution in [3.63, 3.8) is 0 Å². The summed E-state index contributed by atoms with van der Waals surface area (Å²) in [6.07, 6.45) is 73.8. The van der Waals surface area contributed by atoms with Crippen LogP contribution in [-0.2, 0) is 33.2 Å². The van der Waals surface area contributed by atoms with Crippen LogP contribution in [0.15, 0.2) is 109 Å². The molecule has 3 aliphatic heterocycles. The first-order valence-corrected chi connectivity index (χ1v) is 45.1. The lowest BCUT2D eigenvalue weighted by Crippen LogP contribution is -2.66. The summed E-state index contributed by atoms with van der Waals surface area (Å²) >= 11 is 0. The van der Waals surface area contributed by atoms with Crippen molar-refractivity contribution in [2.75, 3.05) is 26.4 Å². The number of nitrogens with one attached hydrogen (secondary N) is 1. The molecule has 112 heavy (non-hydrogen) atoms. The van der Waals surface area contributed by atoms with Crippen LogP contribution in [0.1, 0.15) is 341 Å². The van der Waals surface area contributed by atoms with Gasteiger partial charge in [0, 0.05) is 6.42 Å². The van der Waals surface area contributed by atoms with E-state index in [-0.39, 0.29) is 18.9 Å². The fourth-order valence-electron chi connectivity index (χ4n) is 14.6. The van der Waals surface area contributed by atoms with E-state index in [1.165, 1.54) is 225 Å². The monoisotopic (exact) mass is 1580 g/mol. The van der Waals surface area contributed by atoms with Crippen LogP contribution in [0.4, 0.5) is 0 Å². The molecule has 3 heterocycles. The SMILES string of the molecule is CC/C=C\C/C=C\C/C=C\C/C=C\C/C=C\C/C=C\CCCCCCCCCCCCCCCCCCCCCCC(=O)NC(COC1OC(CO)C(OC2OC(CO)C(OC3OC(CO)C(O)C(O)C3O)C(O)C2O)C(O)C1O)C(O)/C=C/CC/C=C/CC/C=C/CCCCCCCCCCCCCCCCCCCC. The minimum atomic E-state index is -1.99. The molecule has 0 aliphatic carbocycles. The molecule has 19 nitrogen and oxygen atoms in total. The second-order valence-electron chi connectivity index (χ2n) is 31.7. The van der Waals surface area contributed by atoms with Gasteiger partial charge in [-0.15, -0.1) is 0 Å². The van der Waals surface area contributed by atoms with Crippen LogP contribution in [0, 0.1) is 0 Å². The molecular formula is C93H163NO18. The molecule has 648 valence electrons. The van der Waals surface area contributed by atoms with Gasteiger partial charge < -0.3 is 89.9 Å². The van der Waals surface area contributed by atoms with Crippen molar-refractivity contribution in [2.45, 2.75) is 446 Å². The number of carbonyl (C=O) groups is 1. The number of aliphatic hydroxyl groups is 11. The van der Waals surface area contributed by atoms with E-state index in [4.69, 9.17) is 28.4 Å². The largest absolute Gasteiger partial charge is 0.394 e. The number of rotatable bonds is 72. The van der Waals surface area contributed by atoms with Gasteiger partial charge in [-0.25, -0.2) is 0 Å².